The van der Waals surface area contributed by atoms with Crippen molar-refractivity contribution in [2.45, 2.75) is 26.3 Å². The summed E-state index contributed by atoms with van der Waals surface area (Å²) in [6, 6.07) is 26.8. The maximum absolute atomic E-state index is 5.91. The number of rotatable bonds is 10. The van der Waals surface area contributed by atoms with Crippen LogP contribution in [0.25, 0.3) is 0 Å². The minimum absolute atomic E-state index is 0.681. The summed E-state index contributed by atoms with van der Waals surface area (Å²) in [5.74, 6) is 1.82. The highest BCUT2D eigenvalue weighted by Crippen LogP contribution is 2.18. The Morgan fingerprint density at radius 3 is 2.22 bits per heavy atom. The fourth-order valence-electron chi connectivity index (χ4n) is 2.77. The van der Waals surface area contributed by atoms with E-state index in [1.165, 1.54) is 11.1 Å². The van der Waals surface area contributed by atoms with Crippen LogP contribution in [0.15, 0.2) is 78.9 Å². The van der Waals surface area contributed by atoms with Crippen molar-refractivity contribution in [2.75, 3.05) is 18.5 Å². The number of benzene rings is 3. The lowest BCUT2D eigenvalue weighted by Gasteiger charge is -2.11. The van der Waals surface area contributed by atoms with E-state index in [-0.39, 0.29) is 0 Å². The second-order valence-corrected chi connectivity index (χ2v) is 6.46. The second kappa shape index (κ2) is 10.3. The van der Waals surface area contributed by atoms with E-state index in [0.717, 1.165) is 43.2 Å². The first-order valence-electron chi connectivity index (χ1n) is 9.56. The Labute approximate surface area is 162 Å². The fourth-order valence-corrected chi connectivity index (χ4v) is 2.77. The highest BCUT2D eigenvalue weighted by molar-refractivity contribution is 5.47. The molecule has 0 saturated heterocycles. The molecule has 0 radical (unpaired) electrons. The van der Waals surface area contributed by atoms with E-state index in [0.29, 0.717) is 6.61 Å². The minimum Gasteiger partial charge on any atom is -0.494 e. The lowest BCUT2D eigenvalue weighted by Crippen LogP contribution is -2.03. The zero-order valence-electron chi connectivity index (χ0n) is 15.9. The summed E-state index contributed by atoms with van der Waals surface area (Å²) in [6.45, 7) is 4.30. The molecule has 3 heteroatoms. The molecule has 0 aliphatic carbocycles. The van der Waals surface area contributed by atoms with E-state index >= 15 is 0 Å². The molecule has 3 rings (SSSR count). The van der Waals surface area contributed by atoms with Crippen LogP contribution >= 0.6 is 0 Å². The van der Waals surface area contributed by atoms with Crippen molar-refractivity contribution in [3.05, 3.63) is 90.0 Å². The van der Waals surface area contributed by atoms with E-state index in [9.17, 15) is 0 Å². The number of hydrogen-bond donors (Lipinski definition) is 1. The first-order valence-corrected chi connectivity index (χ1v) is 9.56. The molecular formula is C24H27NO2. The maximum atomic E-state index is 5.91. The van der Waals surface area contributed by atoms with Crippen LogP contribution in [0.2, 0.25) is 0 Å². The van der Waals surface area contributed by atoms with Crippen LogP contribution in [0.4, 0.5) is 5.69 Å². The molecule has 0 heterocycles. The molecule has 3 aromatic rings. The van der Waals surface area contributed by atoms with Gasteiger partial charge in [0.1, 0.15) is 11.5 Å². The molecule has 0 aliphatic rings. The number of ether oxygens (including phenoxy) is 2. The largest absolute Gasteiger partial charge is 0.494 e. The lowest BCUT2D eigenvalue weighted by molar-refractivity contribution is 0.317. The lowest BCUT2D eigenvalue weighted by atomic mass is 10.2. The molecule has 0 aromatic heterocycles. The van der Waals surface area contributed by atoms with E-state index in [4.69, 9.17) is 9.47 Å². The van der Waals surface area contributed by atoms with Crippen LogP contribution in [0.1, 0.15) is 24.5 Å². The predicted octanol–water partition coefficient (Wildman–Crippen LogP) is 5.71. The Balaban J connectivity index is 1.47. The van der Waals surface area contributed by atoms with Crippen molar-refractivity contribution in [3.63, 3.8) is 0 Å². The molecule has 0 fully saturated rings. The Kier molecular flexibility index (Phi) is 7.16. The van der Waals surface area contributed by atoms with Crippen LogP contribution in [0, 0.1) is 0 Å². The van der Waals surface area contributed by atoms with Crippen LogP contribution < -0.4 is 14.8 Å². The normalized spacial score (nSPS) is 10.4. The first-order chi connectivity index (χ1) is 13.3. The van der Waals surface area contributed by atoms with Crippen LogP contribution in [0.3, 0.4) is 0 Å². The van der Waals surface area contributed by atoms with Gasteiger partial charge in [-0.2, -0.15) is 0 Å². The highest BCUT2D eigenvalue weighted by atomic mass is 16.5. The van der Waals surface area contributed by atoms with Gasteiger partial charge < -0.3 is 14.8 Å². The van der Waals surface area contributed by atoms with Gasteiger partial charge in [0, 0.05) is 18.7 Å². The molecular weight excluding hydrogens is 334 g/mol. The molecule has 3 nitrogen and oxygen atoms in total. The average Bonchev–Trinajstić information content (AvgIpc) is 2.73. The van der Waals surface area contributed by atoms with Crippen molar-refractivity contribution in [1.82, 2.24) is 0 Å². The molecule has 140 valence electrons. The van der Waals surface area contributed by atoms with E-state index in [2.05, 4.69) is 48.6 Å². The fraction of sp³-hybridized carbons (Fsp3) is 0.250. The summed E-state index contributed by atoms with van der Waals surface area (Å²) in [7, 11) is 0. The molecule has 0 spiro atoms. The predicted molar refractivity (Wildman–Crippen MR) is 112 cm³/mol. The van der Waals surface area contributed by atoms with Crippen molar-refractivity contribution in [1.29, 1.82) is 0 Å². The van der Waals surface area contributed by atoms with Gasteiger partial charge >= 0.3 is 0 Å². The van der Waals surface area contributed by atoms with Gasteiger partial charge in [-0.1, -0.05) is 49.4 Å². The molecule has 0 bridgehead atoms. The van der Waals surface area contributed by atoms with Gasteiger partial charge in [-0.25, -0.2) is 0 Å². The summed E-state index contributed by atoms with van der Waals surface area (Å²) in [5, 5.41) is 3.44. The molecule has 27 heavy (non-hydrogen) atoms. The van der Waals surface area contributed by atoms with Crippen molar-refractivity contribution in [3.8, 4) is 11.5 Å². The van der Waals surface area contributed by atoms with Gasteiger partial charge in [0.2, 0.25) is 0 Å². The smallest absolute Gasteiger partial charge is 0.119 e. The maximum Gasteiger partial charge on any atom is 0.119 e. The topological polar surface area (TPSA) is 30.5 Å². The number of anilines is 1. The van der Waals surface area contributed by atoms with E-state index in [1.807, 2.05) is 42.5 Å². The zero-order valence-corrected chi connectivity index (χ0v) is 15.9. The van der Waals surface area contributed by atoms with Gasteiger partial charge in [-0.3, -0.25) is 0 Å². The first kappa shape index (κ1) is 18.8. The van der Waals surface area contributed by atoms with Crippen molar-refractivity contribution >= 4 is 5.69 Å². The molecule has 0 amide bonds. The summed E-state index contributed by atoms with van der Waals surface area (Å²) in [6.07, 6.45) is 1.93. The third-order valence-corrected chi connectivity index (χ3v) is 4.22. The SMILES string of the molecule is CCCOc1ccc(NCc2cccc(OCCc3ccccc3)c2)cc1. The third kappa shape index (κ3) is 6.37. The monoisotopic (exact) mass is 361 g/mol. The van der Waals surface area contributed by atoms with Gasteiger partial charge in [-0.15, -0.1) is 0 Å². The number of nitrogens with one attached hydrogen (secondary N) is 1. The zero-order chi connectivity index (χ0) is 18.7. The standard InChI is InChI=1S/C24H27NO2/c1-2-16-26-23-13-11-22(12-14-23)25-19-21-9-6-10-24(18-21)27-17-15-20-7-4-3-5-8-20/h3-14,18,25H,2,15-17,19H2,1H3. The molecule has 0 saturated carbocycles. The quantitative estimate of drug-likeness (QED) is 0.502. The Morgan fingerprint density at radius 2 is 1.44 bits per heavy atom. The van der Waals surface area contributed by atoms with Gasteiger partial charge in [0.05, 0.1) is 13.2 Å². The summed E-state index contributed by atoms with van der Waals surface area (Å²) in [4.78, 5) is 0. The Bertz CT molecular complexity index is 800. The van der Waals surface area contributed by atoms with Crippen LogP contribution in [0.5, 0.6) is 11.5 Å². The number of hydrogen-bond acceptors (Lipinski definition) is 3. The summed E-state index contributed by atoms with van der Waals surface area (Å²) < 4.78 is 11.5. The van der Waals surface area contributed by atoms with Crippen LogP contribution in [-0.4, -0.2) is 13.2 Å². The van der Waals surface area contributed by atoms with Crippen molar-refractivity contribution < 1.29 is 9.47 Å². The molecule has 3 aromatic carbocycles. The van der Waals surface area contributed by atoms with Crippen molar-refractivity contribution in [2.24, 2.45) is 0 Å². The van der Waals surface area contributed by atoms with Gasteiger partial charge in [-0.05, 0) is 53.9 Å². The van der Waals surface area contributed by atoms with Gasteiger partial charge in [0.25, 0.3) is 0 Å². The minimum atomic E-state index is 0.681. The molecule has 0 unspecified atom stereocenters. The van der Waals surface area contributed by atoms with E-state index in [1.54, 1.807) is 0 Å². The molecule has 0 aliphatic heterocycles. The highest BCUT2D eigenvalue weighted by Gasteiger charge is 2.00. The van der Waals surface area contributed by atoms with E-state index < -0.39 is 0 Å². The van der Waals surface area contributed by atoms with Gasteiger partial charge in [0.15, 0.2) is 0 Å². The summed E-state index contributed by atoms with van der Waals surface area (Å²) in [5.41, 5.74) is 3.56. The Morgan fingerprint density at radius 1 is 0.704 bits per heavy atom. The Hall–Kier alpha value is -2.94. The van der Waals surface area contributed by atoms with Crippen LogP contribution in [-0.2, 0) is 13.0 Å². The molecule has 1 N–H and O–H groups in total. The summed E-state index contributed by atoms with van der Waals surface area (Å²) >= 11 is 0. The molecule has 0 atom stereocenters. The third-order valence-electron chi connectivity index (χ3n) is 4.22. The second-order valence-electron chi connectivity index (χ2n) is 6.46. The average molecular weight is 361 g/mol.